The van der Waals surface area contributed by atoms with Crippen LogP contribution in [0.4, 0.5) is 4.39 Å². The average molecular weight is 437 g/mol. The van der Waals surface area contributed by atoms with Crippen LogP contribution in [0, 0.1) is 0 Å². The Labute approximate surface area is 164 Å². The standard InChI is InChI=1S/C20H18BrFO5/c1-20(22)16(27-18(25)12-7-3-2-4-8-12)15(26-19(20)21)11-13-9-5-6-10-14(13)17(23)24/h2-10,15-16,19H,11H2,1H3,(H,23,24)/t15-,16-,19+,20-/m1/s1. The first-order valence-corrected chi connectivity index (χ1v) is 9.28. The summed E-state index contributed by atoms with van der Waals surface area (Å²) in [5.41, 5.74) is -1.09. The van der Waals surface area contributed by atoms with E-state index in [-0.39, 0.29) is 12.0 Å². The highest BCUT2D eigenvalue weighted by Gasteiger charge is 2.56. The van der Waals surface area contributed by atoms with Crippen molar-refractivity contribution in [3.05, 3.63) is 71.3 Å². The van der Waals surface area contributed by atoms with E-state index in [1.54, 1.807) is 48.5 Å². The van der Waals surface area contributed by atoms with Crippen molar-refractivity contribution in [3.63, 3.8) is 0 Å². The number of alkyl halides is 2. The Morgan fingerprint density at radius 2 is 1.81 bits per heavy atom. The molecule has 27 heavy (non-hydrogen) atoms. The van der Waals surface area contributed by atoms with Crippen molar-refractivity contribution < 1.29 is 28.6 Å². The molecule has 1 N–H and O–H groups in total. The van der Waals surface area contributed by atoms with Crippen molar-refractivity contribution in [2.75, 3.05) is 0 Å². The van der Waals surface area contributed by atoms with Gasteiger partial charge in [0.05, 0.1) is 11.1 Å². The lowest BCUT2D eigenvalue weighted by molar-refractivity contribution is -0.0236. The number of benzene rings is 2. The average Bonchev–Trinajstić information content (AvgIpc) is 2.85. The maximum Gasteiger partial charge on any atom is 0.338 e. The number of aromatic carboxylic acids is 1. The summed E-state index contributed by atoms with van der Waals surface area (Å²) in [4.78, 5) is 23.8. The van der Waals surface area contributed by atoms with Gasteiger partial charge in [-0.2, -0.15) is 0 Å². The van der Waals surface area contributed by atoms with Gasteiger partial charge in [0.15, 0.2) is 11.8 Å². The van der Waals surface area contributed by atoms with Crippen LogP contribution >= 0.6 is 15.9 Å². The first-order valence-electron chi connectivity index (χ1n) is 8.36. The number of hydrogen-bond donors (Lipinski definition) is 1. The number of rotatable bonds is 5. The lowest BCUT2D eigenvalue weighted by Gasteiger charge is -2.26. The summed E-state index contributed by atoms with van der Waals surface area (Å²) in [6.07, 6.45) is -1.94. The highest BCUT2D eigenvalue weighted by Crippen LogP contribution is 2.41. The third-order valence-corrected chi connectivity index (χ3v) is 5.66. The number of hydrogen-bond acceptors (Lipinski definition) is 4. The molecule has 5 nitrogen and oxygen atoms in total. The fourth-order valence-corrected chi connectivity index (χ4v) is 3.62. The lowest BCUT2D eigenvalue weighted by atomic mass is 9.94. The van der Waals surface area contributed by atoms with Gasteiger partial charge in [-0.1, -0.05) is 52.3 Å². The molecule has 0 radical (unpaired) electrons. The molecule has 1 fully saturated rings. The zero-order valence-electron chi connectivity index (χ0n) is 14.5. The molecule has 1 aliphatic heterocycles. The summed E-state index contributed by atoms with van der Waals surface area (Å²) < 4.78 is 26.3. The van der Waals surface area contributed by atoms with Crippen molar-refractivity contribution in [1.82, 2.24) is 0 Å². The Morgan fingerprint density at radius 3 is 2.48 bits per heavy atom. The van der Waals surface area contributed by atoms with Gasteiger partial charge < -0.3 is 14.6 Å². The molecule has 0 aliphatic carbocycles. The summed E-state index contributed by atoms with van der Waals surface area (Å²) in [6, 6.07) is 14.7. The second-order valence-corrected chi connectivity index (χ2v) is 7.33. The van der Waals surface area contributed by atoms with Gasteiger partial charge in [0.2, 0.25) is 0 Å². The quantitative estimate of drug-likeness (QED) is 0.566. The van der Waals surface area contributed by atoms with E-state index < -0.39 is 34.8 Å². The van der Waals surface area contributed by atoms with Crippen LogP contribution in [0.2, 0.25) is 0 Å². The number of esters is 1. The molecule has 0 saturated carbocycles. The molecule has 142 valence electrons. The number of halogens is 2. The smallest absolute Gasteiger partial charge is 0.338 e. The molecule has 0 aromatic heterocycles. The Balaban J connectivity index is 1.85. The van der Waals surface area contributed by atoms with Gasteiger partial charge in [-0.05, 0) is 30.7 Å². The van der Waals surface area contributed by atoms with Crippen LogP contribution in [-0.4, -0.2) is 39.9 Å². The first-order chi connectivity index (χ1) is 12.8. The molecule has 3 rings (SSSR count). The van der Waals surface area contributed by atoms with E-state index in [0.717, 1.165) is 0 Å². The molecular weight excluding hydrogens is 419 g/mol. The molecule has 7 heteroatoms. The highest BCUT2D eigenvalue weighted by molar-refractivity contribution is 9.09. The molecular formula is C20H18BrFO5. The molecule has 2 aromatic rings. The Kier molecular flexibility index (Phi) is 5.62. The van der Waals surface area contributed by atoms with E-state index in [2.05, 4.69) is 15.9 Å². The van der Waals surface area contributed by atoms with Crippen molar-refractivity contribution >= 4 is 27.9 Å². The van der Waals surface area contributed by atoms with Gasteiger partial charge in [0, 0.05) is 6.42 Å². The Bertz CT molecular complexity index is 839. The predicted molar refractivity (Wildman–Crippen MR) is 99.9 cm³/mol. The second kappa shape index (κ2) is 7.78. The zero-order chi connectivity index (χ0) is 19.6. The highest BCUT2D eigenvalue weighted by atomic mass is 79.9. The summed E-state index contributed by atoms with van der Waals surface area (Å²) in [6.45, 7) is 1.29. The third kappa shape index (κ3) is 4.04. The Morgan fingerprint density at radius 1 is 1.19 bits per heavy atom. The minimum absolute atomic E-state index is 0.0941. The summed E-state index contributed by atoms with van der Waals surface area (Å²) in [5, 5.41) is 8.36. The molecule has 0 spiro atoms. The fourth-order valence-electron chi connectivity index (χ4n) is 3.08. The van der Waals surface area contributed by atoms with Crippen LogP contribution < -0.4 is 0 Å². The summed E-state index contributed by atoms with van der Waals surface area (Å²) >= 11 is 3.14. The van der Waals surface area contributed by atoms with Gasteiger partial charge in [0.25, 0.3) is 0 Å². The molecule has 4 atom stereocenters. The number of ether oxygens (including phenoxy) is 2. The van der Waals surface area contributed by atoms with Gasteiger partial charge in [0.1, 0.15) is 11.1 Å². The van der Waals surface area contributed by atoms with Gasteiger partial charge in [-0.15, -0.1) is 0 Å². The van der Waals surface area contributed by atoms with E-state index in [4.69, 9.17) is 9.47 Å². The van der Waals surface area contributed by atoms with Gasteiger partial charge >= 0.3 is 11.9 Å². The third-order valence-electron chi connectivity index (χ3n) is 4.54. The predicted octanol–water partition coefficient (Wildman–Crippen LogP) is 4.00. The molecule has 0 unspecified atom stereocenters. The van der Waals surface area contributed by atoms with Gasteiger partial charge in [-0.3, -0.25) is 0 Å². The van der Waals surface area contributed by atoms with Gasteiger partial charge in [-0.25, -0.2) is 14.0 Å². The van der Waals surface area contributed by atoms with Crippen molar-refractivity contribution in [3.8, 4) is 0 Å². The van der Waals surface area contributed by atoms with Crippen LogP contribution in [-0.2, 0) is 15.9 Å². The molecule has 1 aliphatic rings. The van der Waals surface area contributed by atoms with E-state index in [1.807, 2.05) is 0 Å². The van der Waals surface area contributed by atoms with E-state index in [0.29, 0.717) is 11.1 Å². The summed E-state index contributed by atoms with van der Waals surface area (Å²) in [5.74, 6) is -1.74. The van der Waals surface area contributed by atoms with Crippen LogP contribution in [0.15, 0.2) is 54.6 Å². The van der Waals surface area contributed by atoms with E-state index in [1.165, 1.54) is 13.0 Å². The monoisotopic (exact) mass is 436 g/mol. The molecule has 0 bridgehead atoms. The van der Waals surface area contributed by atoms with E-state index >= 15 is 4.39 Å². The second-order valence-electron chi connectivity index (χ2n) is 6.50. The molecule has 1 saturated heterocycles. The largest absolute Gasteiger partial charge is 0.478 e. The molecule has 1 heterocycles. The summed E-state index contributed by atoms with van der Waals surface area (Å²) in [7, 11) is 0. The van der Waals surface area contributed by atoms with Crippen LogP contribution in [0.3, 0.4) is 0 Å². The molecule has 2 aromatic carbocycles. The number of carboxylic acid groups (broad SMARTS) is 1. The Hall–Kier alpha value is -2.25. The first kappa shape index (κ1) is 19.5. The number of carbonyl (C=O) groups excluding carboxylic acids is 1. The molecule has 0 amide bonds. The lowest BCUT2D eigenvalue weighted by Crippen LogP contribution is -2.43. The maximum absolute atomic E-state index is 15.2. The minimum Gasteiger partial charge on any atom is -0.478 e. The van der Waals surface area contributed by atoms with Crippen molar-refractivity contribution in [2.24, 2.45) is 0 Å². The van der Waals surface area contributed by atoms with Crippen molar-refractivity contribution in [2.45, 2.75) is 36.2 Å². The topological polar surface area (TPSA) is 72.8 Å². The minimum atomic E-state index is -1.98. The van der Waals surface area contributed by atoms with Crippen LogP contribution in [0.25, 0.3) is 0 Å². The van der Waals surface area contributed by atoms with Crippen LogP contribution in [0.5, 0.6) is 0 Å². The van der Waals surface area contributed by atoms with E-state index in [9.17, 15) is 14.7 Å². The number of carboxylic acids is 1. The SMILES string of the molecule is C[C@@]1(F)[C@H](OC(=O)c2ccccc2)[C@@H](Cc2ccccc2C(=O)O)O[C@@H]1Br. The van der Waals surface area contributed by atoms with Crippen molar-refractivity contribution in [1.29, 1.82) is 0 Å². The zero-order valence-corrected chi connectivity index (χ0v) is 16.1. The normalized spacial score (nSPS) is 27.3. The van der Waals surface area contributed by atoms with Crippen LogP contribution in [0.1, 0.15) is 33.2 Å². The number of carbonyl (C=O) groups is 2. The maximum atomic E-state index is 15.2. The fraction of sp³-hybridized carbons (Fsp3) is 0.300.